The molecule has 5 heteroatoms. The van der Waals surface area contributed by atoms with E-state index < -0.39 is 5.97 Å². The summed E-state index contributed by atoms with van der Waals surface area (Å²) in [5, 5.41) is 11.4. The third-order valence-corrected chi connectivity index (χ3v) is 5.07. The van der Waals surface area contributed by atoms with Crippen molar-refractivity contribution in [2.75, 3.05) is 13.2 Å². The Morgan fingerprint density at radius 1 is 1.00 bits per heavy atom. The molecule has 3 rings (SSSR count). The number of carbonyl (C=O) groups is 1. The number of hydrogen-bond donors (Lipinski definition) is 1. The lowest BCUT2D eigenvalue weighted by Crippen LogP contribution is -2.10. The summed E-state index contributed by atoms with van der Waals surface area (Å²) in [6, 6.07) is 17.1. The predicted octanol–water partition coefficient (Wildman–Crippen LogP) is 5.45. The maximum absolute atomic E-state index is 11.7. The largest absolute Gasteiger partial charge is 0.490 e. The molecule has 0 bridgehead atoms. The smallest absolute Gasteiger partial charge is 0.337 e. The number of thiophene rings is 1. The third-order valence-electron chi connectivity index (χ3n) is 4.16. The fourth-order valence-electron chi connectivity index (χ4n) is 2.82. The van der Waals surface area contributed by atoms with Crippen molar-refractivity contribution in [3.63, 3.8) is 0 Å². The second-order valence-electron chi connectivity index (χ2n) is 6.34. The number of para-hydroxylation sites is 1. The monoisotopic (exact) mass is 394 g/mol. The Hall–Kier alpha value is -3.05. The average molecular weight is 394 g/mol. The zero-order valence-corrected chi connectivity index (χ0v) is 16.7. The first-order valence-electron chi connectivity index (χ1n) is 8.95. The summed E-state index contributed by atoms with van der Waals surface area (Å²) in [5.74, 6) is 0.505. The number of carboxylic acid groups (broad SMARTS) is 1. The van der Waals surface area contributed by atoms with Gasteiger partial charge in [-0.15, -0.1) is 11.3 Å². The average Bonchev–Trinajstić information content (AvgIpc) is 3.19. The van der Waals surface area contributed by atoms with Crippen LogP contribution in [0.25, 0.3) is 11.6 Å². The molecule has 2 aromatic carbocycles. The zero-order chi connectivity index (χ0) is 19.9. The molecule has 0 aliphatic rings. The minimum absolute atomic E-state index is 0.248. The Bertz CT molecular complexity index is 974. The highest BCUT2D eigenvalue weighted by Crippen LogP contribution is 2.27. The van der Waals surface area contributed by atoms with Crippen LogP contribution in [0.5, 0.6) is 11.5 Å². The van der Waals surface area contributed by atoms with Crippen LogP contribution in [0.4, 0.5) is 0 Å². The van der Waals surface area contributed by atoms with Gasteiger partial charge in [-0.25, -0.2) is 4.79 Å². The maximum Gasteiger partial charge on any atom is 0.337 e. The van der Waals surface area contributed by atoms with Gasteiger partial charge in [-0.2, -0.15) is 0 Å². The van der Waals surface area contributed by atoms with E-state index in [1.54, 1.807) is 12.1 Å². The summed E-state index contributed by atoms with van der Waals surface area (Å²) < 4.78 is 11.7. The number of carboxylic acids is 1. The van der Waals surface area contributed by atoms with Crippen molar-refractivity contribution in [1.29, 1.82) is 0 Å². The number of hydrogen-bond acceptors (Lipinski definition) is 4. The Kier molecular flexibility index (Phi) is 6.50. The van der Waals surface area contributed by atoms with E-state index in [1.807, 2.05) is 61.7 Å². The summed E-state index contributed by atoms with van der Waals surface area (Å²) in [6.45, 7) is 4.82. The Morgan fingerprint density at radius 3 is 2.43 bits per heavy atom. The molecule has 3 aromatic rings. The molecule has 0 fully saturated rings. The first kappa shape index (κ1) is 19.7. The number of rotatable bonds is 8. The number of benzene rings is 2. The highest BCUT2D eigenvalue weighted by Gasteiger charge is 2.13. The standard InChI is InChI=1S/C23H22O4S/c1-16-9-10-20(17(2)14-16)26-11-12-27-21-7-4-3-6-18(21)15-19(23(24)25)22-8-5-13-28-22/h3-10,13-15H,11-12H2,1-2H3,(H,24,25)/b19-15-. The van der Waals surface area contributed by atoms with Crippen LogP contribution in [0.3, 0.4) is 0 Å². The molecule has 0 atom stereocenters. The van der Waals surface area contributed by atoms with Crippen LogP contribution in [0.2, 0.25) is 0 Å². The molecule has 0 aliphatic heterocycles. The van der Waals surface area contributed by atoms with Crippen molar-refractivity contribution in [1.82, 2.24) is 0 Å². The van der Waals surface area contributed by atoms with E-state index in [4.69, 9.17) is 9.47 Å². The molecule has 0 spiro atoms. The normalized spacial score (nSPS) is 11.3. The summed E-state index contributed by atoms with van der Waals surface area (Å²) in [6.07, 6.45) is 1.65. The van der Waals surface area contributed by atoms with Crippen molar-refractivity contribution in [2.24, 2.45) is 0 Å². The lowest BCUT2D eigenvalue weighted by atomic mass is 10.1. The van der Waals surface area contributed by atoms with Gasteiger partial charge in [0.15, 0.2) is 0 Å². The van der Waals surface area contributed by atoms with Gasteiger partial charge in [0.1, 0.15) is 24.7 Å². The van der Waals surface area contributed by atoms with Gasteiger partial charge in [0.2, 0.25) is 0 Å². The maximum atomic E-state index is 11.7. The van der Waals surface area contributed by atoms with Gasteiger partial charge >= 0.3 is 5.97 Å². The molecular weight excluding hydrogens is 372 g/mol. The lowest BCUT2D eigenvalue weighted by molar-refractivity contribution is -0.130. The first-order valence-corrected chi connectivity index (χ1v) is 9.83. The predicted molar refractivity (Wildman–Crippen MR) is 113 cm³/mol. The second-order valence-corrected chi connectivity index (χ2v) is 7.29. The summed E-state index contributed by atoms with van der Waals surface area (Å²) in [4.78, 5) is 12.4. The molecule has 1 aromatic heterocycles. The molecule has 0 saturated carbocycles. The van der Waals surface area contributed by atoms with E-state index in [-0.39, 0.29) is 5.57 Å². The SMILES string of the molecule is Cc1ccc(OCCOc2ccccc2/C=C(\C(=O)O)c2cccs2)c(C)c1. The van der Waals surface area contributed by atoms with Crippen LogP contribution < -0.4 is 9.47 Å². The van der Waals surface area contributed by atoms with Crippen LogP contribution >= 0.6 is 11.3 Å². The molecule has 144 valence electrons. The number of ether oxygens (including phenoxy) is 2. The quantitative estimate of drug-likeness (QED) is 0.408. The molecule has 28 heavy (non-hydrogen) atoms. The van der Waals surface area contributed by atoms with Crippen LogP contribution in [-0.4, -0.2) is 24.3 Å². The minimum Gasteiger partial charge on any atom is -0.490 e. The van der Waals surface area contributed by atoms with Gasteiger partial charge in [0.25, 0.3) is 0 Å². The lowest BCUT2D eigenvalue weighted by Gasteiger charge is -2.12. The van der Waals surface area contributed by atoms with E-state index in [0.717, 1.165) is 16.9 Å². The van der Waals surface area contributed by atoms with Crippen LogP contribution in [-0.2, 0) is 4.79 Å². The van der Waals surface area contributed by atoms with Crippen molar-refractivity contribution in [3.05, 3.63) is 81.5 Å². The Morgan fingerprint density at radius 2 is 1.75 bits per heavy atom. The van der Waals surface area contributed by atoms with Crippen LogP contribution in [0.1, 0.15) is 21.6 Å². The van der Waals surface area contributed by atoms with Crippen molar-refractivity contribution < 1.29 is 19.4 Å². The van der Waals surface area contributed by atoms with Crippen LogP contribution in [0, 0.1) is 13.8 Å². The van der Waals surface area contributed by atoms with E-state index in [2.05, 4.69) is 6.07 Å². The molecule has 0 unspecified atom stereocenters. The van der Waals surface area contributed by atoms with E-state index in [0.29, 0.717) is 23.8 Å². The van der Waals surface area contributed by atoms with Gasteiger partial charge in [0, 0.05) is 10.4 Å². The fraction of sp³-hybridized carbons (Fsp3) is 0.174. The van der Waals surface area contributed by atoms with Gasteiger partial charge < -0.3 is 14.6 Å². The van der Waals surface area contributed by atoms with E-state index in [9.17, 15) is 9.90 Å². The Labute approximate surface area is 168 Å². The topological polar surface area (TPSA) is 55.8 Å². The molecule has 0 aliphatic carbocycles. The van der Waals surface area contributed by atoms with Gasteiger partial charge in [-0.1, -0.05) is 42.0 Å². The molecular formula is C23H22O4S. The summed E-state index contributed by atoms with van der Waals surface area (Å²) >= 11 is 1.40. The molecule has 1 heterocycles. The number of aryl methyl sites for hydroxylation is 2. The summed E-state index contributed by atoms with van der Waals surface area (Å²) in [5.41, 5.74) is 3.25. The number of aliphatic carboxylic acids is 1. The molecule has 0 saturated heterocycles. The van der Waals surface area contributed by atoms with Crippen molar-refractivity contribution in [3.8, 4) is 11.5 Å². The van der Waals surface area contributed by atoms with Crippen molar-refractivity contribution in [2.45, 2.75) is 13.8 Å². The highest BCUT2D eigenvalue weighted by atomic mass is 32.1. The molecule has 4 nitrogen and oxygen atoms in total. The fourth-order valence-corrected chi connectivity index (χ4v) is 3.56. The second kappa shape index (κ2) is 9.24. The highest BCUT2D eigenvalue weighted by molar-refractivity contribution is 7.11. The third kappa shape index (κ3) is 5.02. The van der Waals surface area contributed by atoms with Crippen LogP contribution in [0.15, 0.2) is 60.0 Å². The van der Waals surface area contributed by atoms with E-state index >= 15 is 0 Å². The zero-order valence-electron chi connectivity index (χ0n) is 15.8. The van der Waals surface area contributed by atoms with Gasteiger partial charge in [-0.05, 0) is 49.1 Å². The minimum atomic E-state index is -0.963. The Balaban J connectivity index is 1.68. The van der Waals surface area contributed by atoms with Crippen molar-refractivity contribution >= 4 is 29.0 Å². The first-order chi connectivity index (χ1) is 13.5. The molecule has 1 N–H and O–H groups in total. The molecule has 0 amide bonds. The summed E-state index contributed by atoms with van der Waals surface area (Å²) in [7, 11) is 0. The molecule has 0 radical (unpaired) electrons. The van der Waals surface area contributed by atoms with Gasteiger partial charge in [-0.3, -0.25) is 0 Å². The van der Waals surface area contributed by atoms with Gasteiger partial charge in [0.05, 0.1) is 5.57 Å². The van der Waals surface area contributed by atoms with E-state index in [1.165, 1.54) is 16.9 Å².